The Hall–Kier alpha value is -1.03. The Morgan fingerprint density at radius 2 is 2.15 bits per heavy atom. The lowest BCUT2D eigenvalue weighted by Gasteiger charge is -2.05. The first-order chi connectivity index (χ1) is 6.00. The van der Waals surface area contributed by atoms with E-state index in [4.69, 9.17) is 5.11 Å². The smallest absolute Gasteiger partial charge is 0.307 e. The van der Waals surface area contributed by atoms with Crippen LogP contribution in [-0.2, 0) is 11.2 Å². The number of carbonyl (C=O) groups is 1. The van der Waals surface area contributed by atoms with Crippen LogP contribution in [0.3, 0.4) is 0 Å². The van der Waals surface area contributed by atoms with Gasteiger partial charge in [-0.3, -0.25) is 4.79 Å². The standard InChI is InChI=1S/C9H9BrO3/c1-5-2-6(4-8(11)12)9(13)7(10)3-5/h2-3,13H,4H2,1H3,(H,11,12). The third-order valence-corrected chi connectivity index (χ3v) is 2.23. The molecule has 0 unspecified atom stereocenters. The van der Waals surface area contributed by atoms with Crippen LogP contribution in [0.1, 0.15) is 11.1 Å². The summed E-state index contributed by atoms with van der Waals surface area (Å²) in [5.41, 5.74) is 1.35. The van der Waals surface area contributed by atoms with Gasteiger partial charge in [-0.1, -0.05) is 6.07 Å². The van der Waals surface area contributed by atoms with Gasteiger partial charge in [-0.25, -0.2) is 0 Å². The lowest BCUT2D eigenvalue weighted by molar-refractivity contribution is -0.136. The molecule has 0 radical (unpaired) electrons. The van der Waals surface area contributed by atoms with E-state index >= 15 is 0 Å². The fourth-order valence-corrected chi connectivity index (χ4v) is 1.72. The predicted molar refractivity (Wildman–Crippen MR) is 51.9 cm³/mol. The number of aromatic hydroxyl groups is 1. The topological polar surface area (TPSA) is 57.5 Å². The highest BCUT2D eigenvalue weighted by atomic mass is 79.9. The van der Waals surface area contributed by atoms with Crippen molar-refractivity contribution in [3.63, 3.8) is 0 Å². The highest BCUT2D eigenvalue weighted by Gasteiger charge is 2.09. The largest absolute Gasteiger partial charge is 0.506 e. The minimum absolute atomic E-state index is 0.00741. The summed E-state index contributed by atoms with van der Waals surface area (Å²) in [4.78, 5) is 10.4. The van der Waals surface area contributed by atoms with Gasteiger partial charge in [-0.2, -0.15) is 0 Å². The number of aliphatic carboxylic acids is 1. The van der Waals surface area contributed by atoms with E-state index in [1.807, 2.05) is 6.92 Å². The molecule has 0 aliphatic carbocycles. The molecule has 13 heavy (non-hydrogen) atoms. The Morgan fingerprint density at radius 1 is 1.54 bits per heavy atom. The van der Waals surface area contributed by atoms with Crippen LogP contribution in [0.4, 0.5) is 0 Å². The summed E-state index contributed by atoms with van der Waals surface area (Å²) in [5.74, 6) is -0.944. The maximum Gasteiger partial charge on any atom is 0.307 e. The highest BCUT2D eigenvalue weighted by molar-refractivity contribution is 9.10. The zero-order valence-electron chi connectivity index (χ0n) is 7.04. The molecule has 0 bridgehead atoms. The number of benzene rings is 1. The quantitative estimate of drug-likeness (QED) is 0.838. The number of hydrogen-bond donors (Lipinski definition) is 2. The van der Waals surface area contributed by atoms with Crippen molar-refractivity contribution < 1.29 is 15.0 Å². The third kappa shape index (κ3) is 2.45. The van der Waals surface area contributed by atoms with Crippen molar-refractivity contribution >= 4 is 21.9 Å². The number of aryl methyl sites for hydroxylation is 1. The van der Waals surface area contributed by atoms with E-state index in [2.05, 4.69) is 15.9 Å². The molecule has 0 aliphatic rings. The second-order valence-electron chi connectivity index (χ2n) is 2.82. The minimum atomic E-state index is -0.951. The van der Waals surface area contributed by atoms with Gasteiger partial charge >= 0.3 is 5.97 Å². The molecule has 0 atom stereocenters. The number of rotatable bonds is 2. The summed E-state index contributed by atoms with van der Waals surface area (Å²) in [7, 11) is 0. The van der Waals surface area contributed by atoms with Crippen LogP contribution in [0.25, 0.3) is 0 Å². The van der Waals surface area contributed by atoms with Gasteiger partial charge in [0.2, 0.25) is 0 Å². The molecule has 0 amide bonds. The summed E-state index contributed by atoms with van der Waals surface area (Å²) in [5, 5.41) is 18.0. The fraction of sp³-hybridized carbons (Fsp3) is 0.222. The SMILES string of the molecule is Cc1cc(Br)c(O)c(CC(=O)O)c1. The first-order valence-electron chi connectivity index (χ1n) is 3.70. The number of halogens is 1. The van der Waals surface area contributed by atoms with E-state index in [0.29, 0.717) is 10.0 Å². The molecule has 1 aromatic carbocycles. The molecule has 70 valence electrons. The van der Waals surface area contributed by atoms with E-state index < -0.39 is 5.97 Å². The molecule has 0 spiro atoms. The Bertz CT molecular complexity index is 347. The van der Waals surface area contributed by atoms with Crippen molar-refractivity contribution in [2.45, 2.75) is 13.3 Å². The molecule has 3 nitrogen and oxygen atoms in total. The van der Waals surface area contributed by atoms with Crippen molar-refractivity contribution in [3.05, 3.63) is 27.7 Å². The van der Waals surface area contributed by atoms with Gasteiger partial charge in [-0.05, 0) is 34.5 Å². The predicted octanol–water partition coefficient (Wildman–Crippen LogP) is 2.09. The van der Waals surface area contributed by atoms with Crippen LogP contribution in [0.2, 0.25) is 0 Å². The number of phenolic OH excluding ortho intramolecular Hbond substituents is 1. The maximum atomic E-state index is 10.4. The average Bonchev–Trinajstić information content (AvgIpc) is 1.98. The molecule has 0 saturated heterocycles. The molecule has 0 saturated carbocycles. The number of carboxylic acid groups (broad SMARTS) is 1. The number of hydrogen-bond acceptors (Lipinski definition) is 2. The van der Waals surface area contributed by atoms with Crippen LogP contribution in [0, 0.1) is 6.92 Å². The molecular formula is C9H9BrO3. The minimum Gasteiger partial charge on any atom is -0.506 e. The van der Waals surface area contributed by atoms with Crippen molar-refractivity contribution in [2.75, 3.05) is 0 Å². The first kappa shape index (κ1) is 10.1. The van der Waals surface area contributed by atoms with Gasteiger partial charge in [0, 0.05) is 5.56 Å². The summed E-state index contributed by atoms with van der Waals surface area (Å²) < 4.78 is 0.531. The highest BCUT2D eigenvalue weighted by Crippen LogP contribution is 2.29. The molecule has 2 N–H and O–H groups in total. The number of carboxylic acids is 1. The molecule has 0 heterocycles. The molecule has 0 fully saturated rings. The van der Waals surface area contributed by atoms with Gasteiger partial charge in [0.25, 0.3) is 0 Å². The summed E-state index contributed by atoms with van der Waals surface area (Å²) >= 11 is 3.14. The summed E-state index contributed by atoms with van der Waals surface area (Å²) in [6.45, 7) is 1.84. The maximum absolute atomic E-state index is 10.4. The van der Waals surface area contributed by atoms with Crippen molar-refractivity contribution in [1.82, 2.24) is 0 Å². The fourth-order valence-electron chi connectivity index (χ4n) is 1.10. The molecule has 4 heteroatoms. The number of phenols is 1. The molecule has 0 aromatic heterocycles. The molecule has 1 rings (SSSR count). The average molecular weight is 245 g/mol. The monoisotopic (exact) mass is 244 g/mol. The lowest BCUT2D eigenvalue weighted by atomic mass is 10.1. The van der Waals surface area contributed by atoms with Crippen LogP contribution in [-0.4, -0.2) is 16.2 Å². The Kier molecular flexibility index (Phi) is 2.93. The molecule has 0 aliphatic heterocycles. The summed E-state index contributed by atoms with van der Waals surface area (Å²) in [6.07, 6.45) is -0.161. The van der Waals surface area contributed by atoms with E-state index in [-0.39, 0.29) is 12.2 Å². The molecule has 1 aromatic rings. The van der Waals surface area contributed by atoms with Crippen LogP contribution in [0.15, 0.2) is 16.6 Å². The van der Waals surface area contributed by atoms with E-state index in [9.17, 15) is 9.90 Å². The van der Waals surface area contributed by atoms with Crippen molar-refractivity contribution in [3.8, 4) is 5.75 Å². The second-order valence-corrected chi connectivity index (χ2v) is 3.68. The Labute approximate surface area is 84.1 Å². The second kappa shape index (κ2) is 3.79. The van der Waals surface area contributed by atoms with Gasteiger partial charge in [-0.15, -0.1) is 0 Å². The van der Waals surface area contributed by atoms with Gasteiger partial charge in [0.1, 0.15) is 5.75 Å². The van der Waals surface area contributed by atoms with E-state index in [1.165, 1.54) is 0 Å². The Morgan fingerprint density at radius 3 is 2.69 bits per heavy atom. The van der Waals surface area contributed by atoms with E-state index in [1.54, 1.807) is 12.1 Å². The van der Waals surface area contributed by atoms with Gasteiger partial charge in [0.05, 0.1) is 10.9 Å². The normalized spacial score (nSPS) is 10.0. The van der Waals surface area contributed by atoms with Gasteiger partial charge in [0.15, 0.2) is 0 Å². The van der Waals surface area contributed by atoms with Gasteiger partial charge < -0.3 is 10.2 Å². The zero-order chi connectivity index (χ0) is 10.0. The zero-order valence-corrected chi connectivity index (χ0v) is 8.63. The van der Waals surface area contributed by atoms with Crippen molar-refractivity contribution in [2.24, 2.45) is 0 Å². The molecular weight excluding hydrogens is 236 g/mol. The summed E-state index contributed by atoms with van der Waals surface area (Å²) in [6, 6.07) is 3.40. The van der Waals surface area contributed by atoms with Crippen molar-refractivity contribution in [1.29, 1.82) is 0 Å². The lowest BCUT2D eigenvalue weighted by Crippen LogP contribution is -2.00. The first-order valence-corrected chi connectivity index (χ1v) is 4.50. The van der Waals surface area contributed by atoms with E-state index in [0.717, 1.165) is 5.56 Å². The Balaban J connectivity index is 3.12. The van der Waals surface area contributed by atoms with Crippen LogP contribution in [0.5, 0.6) is 5.75 Å². The van der Waals surface area contributed by atoms with Crippen LogP contribution < -0.4 is 0 Å². The third-order valence-electron chi connectivity index (χ3n) is 1.63. The van der Waals surface area contributed by atoms with Crippen LogP contribution >= 0.6 is 15.9 Å².